The maximum Gasteiger partial charge on any atom is 0.286 e. The van der Waals surface area contributed by atoms with Gasteiger partial charge in [-0.15, -0.1) is 10.2 Å². The second-order valence-electron chi connectivity index (χ2n) is 6.53. The van der Waals surface area contributed by atoms with Gasteiger partial charge in [0.1, 0.15) is 16.6 Å². The molecule has 1 heterocycles. The van der Waals surface area contributed by atoms with Crippen molar-refractivity contribution in [2.24, 2.45) is 0 Å². The summed E-state index contributed by atoms with van der Waals surface area (Å²) in [5, 5.41) is 14.5. The first-order chi connectivity index (χ1) is 14.8. The summed E-state index contributed by atoms with van der Waals surface area (Å²) in [4.78, 5) is 26.4. The molecule has 1 aromatic heterocycles. The third-order valence-corrected chi connectivity index (χ3v) is 5.16. The first-order valence-electron chi connectivity index (χ1n) is 9.05. The van der Waals surface area contributed by atoms with Crippen molar-refractivity contribution < 1.29 is 18.7 Å². The topological polar surface area (TPSA) is 96.4 Å². The molecule has 0 aliphatic rings. The lowest BCUT2D eigenvalue weighted by atomic mass is 10.3. The van der Waals surface area contributed by atoms with E-state index in [1.54, 1.807) is 30.1 Å². The van der Waals surface area contributed by atoms with E-state index in [4.69, 9.17) is 16.3 Å². The highest BCUT2D eigenvalue weighted by molar-refractivity contribution is 7.13. The molecule has 8 nitrogen and oxygen atoms in total. The number of methoxy groups -OCH3 is 1. The summed E-state index contributed by atoms with van der Waals surface area (Å²) in [6.45, 7) is 0.397. The molecular formula is C20H19ClFN5O3S. The lowest BCUT2D eigenvalue weighted by molar-refractivity contribution is -0.117. The zero-order valence-electron chi connectivity index (χ0n) is 16.7. The zero-order chi connectivity index (χ0) is 22.4. The Morgan fingerprint density at radius 3 is 2.61 bits per heavy atom. The van der Waals surface area contributed by atoms with Crippen LogP contribution in [0.4, 0.5) is 15.8 Å². The quantitative estimate of drug-likeness (QED) is 0.529. The van der Waals surface area contributed by atoms with Crippen molar-refractivity contribution in [2.45, 2.75) is 6.54 Å². The van der Waals surface area contributed by atoms with Gasteiger partial charge >= 0.3 is 0 Å². The number of halogens is 2. The molecule has 0 aliphatic heterocycles. The predicted octanol–water partition coefficient (Wildman–Crippen LogP) is 3.66. The fraction of sp³-hybridized carbons (Fsp3) is 0.200. The average molecular weight is 464 g/mol. The van der Waals surface area contributed by atoms with Crippen LogP contribution >= 0.6 is 22.9 Å². The number of rotatable bonds is 8. The standard InChI is InChI=1S/C20H19ClFN5O3S/c1-27(10-17(28)24-15-9-12(21)3-8-16(15)30-2)11-18-25-26-20(31-18)19(29)23-14-6-4-13(22)5-7-14/h3-9H,10-11H2,1-2H3,(H,23,29)(H,24,28). The number of amides is 2. The van der Waals surface area contributed by atoms with Gasteiger partial charge < -0.3 is 15.4 Å². The minimum atomic E-state index is -0.441. The summed E-state index contributed by atoms with van der Waals surface area (Å²) in [5.41, 5.74) is 0.928. The summed E-state index contributed by atoms with van der Waals surface area (Å²) in [6, 6.07) is 10.4. The van der Waals surface area contributed by atoms with Crippen molar-refractivity contribution in [1.82, 2.24) is 15.1 Å². The maximum absolute atomic E-state index is 13.0. The number of hydrogen-bond acceptors (Lipinski definition) is 7. The molecule has 2 amide bonds. The maximum atomic E-state index is 13.0. The molecule has 3 rings (SSSR count). The van der Waals surface area contributed by atoms with Crippen LogP contribution in [0.25, 0.3) is 0 Å². The van der Waals surface area contributed by atoms with E-state index in [0.717, 1.165) is 11.3 Å². The highest BCUT2D eigenvalue weighted by Gasteiger charge is 2.16. The number of anilines is 2. The van der Waals surface area contributed by atoms with E-state index >= 15 is 0 Å². The zero-order valence-corrected chi connectivity index (χ0v) is 18.3. The van der Waals surface area contributed by atoms with Crippen molar-refractivity contribution in [3.8, 4) is 5.75 Å². The fourth-order valence-electron chi connectivity index (χ4n) is 2.63. The molecule has 31 heavy (non-hydrogen) atoms. The number of carbonyl (C=O) groups excluding carboxylic acids is 2. The number of nitrogens with zero attached hydrogens (tertiary/aromatic N) is 3. The normalized spacial score (nSPS) is 10.7. The smallest absolute Gasteiger partial charge is 0.286 e. The van der Waals surface area contributed by atoms with E-state index < -0.39 is 11.7 Å². The van der Waals surface area contributed by atoms with Gasteiger partial charge in [-0.05, 0) is 49.5 Å². The fourth-order valence-corrected chi connectivity index (χ4v) is 3.61. The third kappa shape index (κ3) is 6.45. The molecule has 0 radical (unpaired) electrons. The van der Waals surface area contributed by atoms with Gasteiger partial charge in [0.25, 0.3) is 5.91 Å². The average Bonchev–Trinajstić information content (AvgIpc) is 3.18. The SMILES string of the molecule is COc1ccc(Cl)cc1NC(=O)CN(C)Cc1nnc(C(=O)Nc2ccc(F)cc2)s1. The first kappa shape index (κ1) is 22.6. The van der Waals surface area contributed by atoms with Crippen molar-refractivity contribution >= 4 is 46.1 Å². The van der Waals surface area contributed by atoms with Crippen LogP contribution in [0.15, 0.2) is 42.5 Å². The van der Waals surface area contributed by atoms with Crippen LogP contribution < -0.4 is 15.4 Å². The number of benzene rings is 2. The van der Waals surface area contributed by atoms with Crippen LogP contribution in [-0.2, 0) is 11.3 Å². The molecule has 0 saturated carbocycles. The van der Waals surface area contributed by atoms with Crippen LogP contribution in [0.5, 0.6) is 5.75 Å². The molecule has 0 bridgehead atoms. The molecular weight excluding hydrogens is 445 g/mol. The van der Waals surface area contributed by atoms with Gasteiger partial charge in [0.05, 0.1) is 25.9 Å². The molecule has 0 aliphatic carbocycles. The van der Waals surface area contributed by atoms with Gasteiger partial charge in [-0.3, -0.25) is 14.5 Å². The van der Waals surface area contributed by atoms with Gasteiger partial charge in [-0.1, -0.05) is 22.9 Å². The number of nitrogens with one attached hydrogen (secondary N) is 2. The lowest BCUT2D eigenvalue weighted by Gasteiger charge is -2.15. The summed E-state index contributed by atoms with van der Waals surface area (Å²) in [6.07, 6.45) is 0. The summed E-state index contributed by atoms with van der Waals surface area (Å²) in [5.74, 6) is -0.593. The summed E-state index contributed by atoms with van der Waals surface area (Å²) >= 11 is 7.09. The molecule has 0 atom stereocenters. The number of aromatic nitrogens is 2. The second kappa shape index (κ2) is 10.3. The largest absolute Gasteiger partial charge is 0.495 e. The molecule has 11 heteroatoms. The third-order valence-electron chi connectivity index (χ3n) is 4.02. The van der Waals surface area contributed by atoms with Crippen molar-refractivity contribution in [2.75, 3.05) is 31.3 Å². The summed E-state index contributed by atoms with van der Waals surface area (Å²) < 4.78 is 18.2. The molecule has 2 N–H and O–H groups in total. The van der Waals surface area contributed by atoms with Crippen LogP contribution in [0.1, 0.15) is 14.8 Å². The monoisotopic (exact) mass is 463 g/mol. The Balaban J connectivity index is 1.54. The van der Waals surface area contributed by atoms with Gasteiger partial charge in [0, 0.05) is 10.7 Å². The Morgan fingerprint density at radius 1 is 1.16 bits per heavy atom. The molecule has 162 valence electrons. The Hall–Kier alpha value is -3.08. The highest BCUT2D eigenvalue weighted by Crippen LogP contribution is 2.27. The van der Waals surface area contributed by atoms with Gasteiger partial charge in [0.2, 0.25) is 10.9 Å². The molecule has 0 saturated heterocycles. The molecule has 2 aromatic carbocycles. The van der Waals surface area contributed by atoms with Crippen molar-refractivity contribution in [3.63, 3.8) is 0 Å². The Kier molecular flexibility index (Phi) is 7.50. The first-order valence-corrected chi connectivity index (χ1v) is 10.2. The van der Waals surface area contributed by atoms with Gasteiger partial charge in [-0.2, -0.15) is 0 Å². The minimum Gasteiger partial charge on any atom is -0.495 e. The highest BCUT2D eigenvalue weighted by atomic mass is 35.5. The molecule has 0 fully saturated rings. The van der Waals surface area contributed by atoms with Gasteiger partial charge in [-0.25, -0.2) is 4.39 Å². The van der Waals surface area contributed by atoms with Crippen molar-refractivity contribution in [1.29, 1.82) is 0 Å². The molecule has 3 aromatic rings. The van der Waals surface area contributed by atoms with Crippen LogP contribution in [-0.4, -0.2) is 47.6 Å². The molecule has 0 spiro atoms. The van der Waals surface area contributed by atoms with Crippen LogP contribution in [0, 0.1) is 5.82 Å². The minimum absolute atomic E-state index is 0.0758. The molecule has 0 unspecified atom stereocenters. The Morgan fingerprint density at radius 2 is 1.90 bits per heavy atom. The summed E-state index contributed by atoms with van der Waals surface area (Å²) in [7, 11) is 3.25. The van der Waals surface area contributed by atoms with E-state index in [2.05, 4.69) is 20.8 Å². The number of ether oxygens (including phenoxy) is 1. The van der Waals surface area contributed by atoms with E-state index in [-0.39, 0.29) is 17.5 Å². The Labute approximate surface area is 187 Å². The van der Waals surface area contributed by atoms with E-state index in [1.807, 2.05) is 0 Å². The van der Waals surface area contributed by atoms with Gasteiger partial charge in [0.15, 0.2) is 0 Å². The van der Waals surface area contributed by atoms with E-state index in [1.165, 1.54) is 31.4 Å². The van der Waals surface area contributed by atoms with Crippen LogP contribution in [0.2, 0.25) is 5.02 Å². The number of hydrogen-bond donors (Lipinski definition) is 2. The Bertz CT molecular complexity index is 1080. The van der Waals surface area contributed by atoms with Crippen molar-refractivity contribution in [3.05, 3.63) is 63.3 Å². The van der Waals surface area contributed by atoms with Crippen LogP contribution in [0.3, 0.4) is 0 Å². The number of likely N-dealkylation sites (N-methyl/N-ethyl adjacent to an activating group) is 1. The van der Waals surface area contributed by atoms with E-state index in [9.17, 15) is 14.0 Å². The lowest BCUT2D eigenvalue weighted by Crippen LogP contribution is -2.29. The van der Waals surface area contributed by atoms with E-state index in [0.29, 0.717) is 33.7 Å². The number of carbonyl (C=O) groups is 2. The predicted molar refractivity (Wildman–Crippen MR) is 117 cm³/mol. The second-order valence-corrected chi connectivity index (χ2v) is 8.03.